The third kappa shape index (κ3) is 2.24. The Kier molecular flexibility index (Phi) is 3.34. The number of benzene rings is 1. The molecule has 1 aliphatic rings. The molecule has 104 valence electrons. The van der Waals surface area contributed by atoms with E-state index in [1.165, 1.54) is 40.5 Å². The lowest BCUT2D eigenvalue weighted by Crippen LogP contribution is -2.13. The minimum absolute atomic E-state index is 0.0884. The van der Waals surface area contributed by atoms with Crippen molar-refractivity contribution in [3.05, 3.63) is 51.7 Å². The van der Waals surface area contributed by atoms with Gasteiger partial charge in [0.15, 0.2) is 5.78 Å². The van der Waals surface area contributed by atoms with Crippen LogP contribution in [0.5, 0.6) is 0 Å². The molecule has 0 radical (unpaired) electrons. The Balaban J connectivity index is 2.02. The summed E-state index contributed by atoms with van der Waals surface area (Å²) in [5.74, 6) is 0.222. The first-order valence-corrected chi connectivity index (χ1v) is 7.58. The van der Waals surface area contributed by atoms with Crippen LogP contribution in [0.3, 0.4) is 0 Å². The largest absolute Gasteiger partial charge is 0.390 e. The molecular weight excluding hydrogens is 273 g/mol. The summed E-state index contributed by atoms with van der Waals surface area (Å²) in [6, 6.07) is 5.66. The number of carbonyl (C=O) groups excluding carboxylic acids is 1. The zero-order valence-corrected chi connectivity index (χ0v) is 12.1. The molecule has 0 aliphatic heterocycles. The van der Waals surface area contributed by atoms with Gasteiger partial charge in [-0.1, -0.05) is 6.92 Å². The maximum atomic E-state index is 13.0. The van der Waals surface area contributed by atoms with E-state index in [0.29, 0.717) is 22.0 Å². The second-order valence-electron chi connectivity index (χ2n) is 5.43. The number of anilines is 1. The van der Waals surface area contributed by atoms with Gasteiger partial charge in [-0.05, 0) is 55.0 Å². The Morgan fingerprint density at radius 1 is 1.35 bits per heavy atom. The molecule has 2 aromatic rings. The summed E-state index contributed by atoms with van der Waals surface area (Å²) in [6.45, 7) is 2.22. The Morgan fingerprint density at radius 3 is 2.75 bits per heavy atom. The van der Waals surface area contributed by atoms with Gasteiger partial charge in [-0.25, -0.2) is 4.39 Å². The molecule has 1 heterocycles. The lowest BCUT2D eigenvalue weighted by molar-refractivity contribution is 0.103. The van der Waals surface area contributed by atoms with Crippen LogP contribution in [-0.2, 0) is 12.8 Å². The van der Waals surface area contributed by atoms with E-state index in [1.54, 1.807) is 0 Å². The maximum Gasteiger partial charge on any atom is 0.196 e. The molecule has 1 atom stereocenters. The molecule has 0 saturated heterocycles. The highest BCUT2D eigenvalue weighted by atomic mass is 32.1. The van der Waals surface area contributed by atoms with Gasteiger partial charge >= 0.3 is 0 Å². The highest BCUT2D eigenvalue weighted by Crippen LogP contribution is 2.38. The maximum absolute atomic E-state index is 13.0. The quantitative estimate of drug-likeness (QED) is 0.854. The van der Waals surface area contributed by atoms with Gasteiger partial charge in [0.05, 0.1) is 10.6 Å². The van der Waals surface area contributed by atoms with Gasteiger partial charge in [-0.3, -0.25) is 4.79 Å². The minimum atomic E-state index is -0.337. The molecule has 0 amide bonds. The molecule has 4 heteroatoms. The number of carbonyl (C=O) groups is 1. The summed E-state index contributed by atoms with van der Waals surface area (Å²) in [4.78, 5) is 13.8. The molecule has 1 aromatic heterocycles. The fourth-order valence-electron chi connectivity index (χ4n) is 2.77. The van der Waals surface area contributed by atoms with Crippen molar-refractivity contribution in [2.45, 2.75) is 26.2 Å². The van der Waals surface area contributed by atoms with Crippen molar-refractivity contribution in [3.63, 3.8) is 0 Å². The van der Waals surface area contributed by atoms with Gasteiger partial charge in [-0.15, -0.1) is 11.3 Å². The van der Waals surface area contributed by atoms with E-state index in [0.717, 1.165) is 24.8 Å². The Morgan fingerprint density at radius 2 is 2.05 bits per heavy atom. The third-order valence-corrected chi connectivity index (χ3v) is 4.96. The van der Waals surface area contributed by atoms with Crippen LogP contribution in [0.2, 0.25) is 0 Å². The molecule has 1 aliphatic carbocycles. The summed E-state index contributed by atoms with van der Waals surface area (Å²) in [7, 11) is 0. The first-order chi connectivity index (χ1) is 9.56. The second-order valence-corrected chi connectivity index (χ2v) is 6.56. The number of hydrogen-bond donors (Lipinski definition) is 1. The highest BCUT2D eigenvalue weighted by Gasteiger charge is 2.26. The molecule has 1 aromatic carbocycles. The van der Waals surface area contributed by atoms with Crippen molar-refractivity contribution in [1.82, 2.24) is 0 Å². The van der Waals surface area contributed by atoms with Crippen molar-refractivity contribution in [1.29, 1.82) is 0 Å². The van der Waals surface area contributed by atoms with Gasteiger partial charge in [-0.2, -0.15) is 0 Å². The fraction of sp³-hybridized carbons (Fsp3) is 0.312. The summed E-state index contributed by atoms with van der Waals surface area (Å²) >= 11 is 1.53. The predicted octanol–water partition coefficient (Wildman–Crippen LogP) is 3.83. The van der Waals surface area contributed by atoms with Crippen molar-refractivity contribution in [2.24, 2.45) is 5.92 Å². The number of fused-ring (bicyclic) bond motifs is 1. The van der Waals surface area contributed by atoms with E-state index >= 15 is 0 Å². The lowest BCUT2D eigenvalue weighted by atomic mass is 9.86. The van der Waals surface area contributed by atoms with E-state index < -0.39 is 0 Å². The molecular formula is C16H16FNOS. The van der Waals surface area contributed by atoms with Gasteiger partial charge in [0, 0.05) is 10.4 Å². The minimum Gasteiger partial charge on any atom is -0.390 e. The first kappa shape index (κ1) is 13.3. The van der Waals surface area contributed by atoms with E-state index in [2.05, 4.69) is 6.92 Å². The number of hydrogen-bond acceptors (Lipinski definition) is 3. The number of thiophene rings is 1. The standard InChI is InChI=1S/C16H16FNOS/c1-9-2-7-12-13(8-9)20-16(18)14(12)15(19)10-3-5-11(17)6-4-10/h3-6,9H,2,7-8,18H2,1H3. The van der Waals surface area contributed by atoms with Crippen LogP contribution in [0.4, 0.5) is 9.39 Å². The number of nitrogen functional groups attached to an aromatic ring is 1. The Hall–Kier alpha value is -1.68. The van der Waals surface area contributed by atoms with Gasteiger partial charge in [0.1, 0.15) is 5.82 Å². The zero-order chi connectivity index (χ0) is 14.3. The van der Waals surface area contributed by atoms with Crippen LogP contribution in [0.25, 0.3) is 0 Å². The van der Waals surface area contributed by atoms with E-state index in [1.807, 2.05) is 0 Å². The predicted molar refractivity (Wildman–Crippen MR) is 79.8 cm³/mol. The van der Waals surface area contributed by atoms with Crippen molar-refractivity contribution < 1.29 is 9.18 Å². The second kappa shape index (κ2) is 5.02. The topological polar surface area (TPSA) is 43.1 Å². The molecule has 3 rings (SSSR count). The summed E-state index contributed by atoms with van der Waals surface area (Å²) in [5, 5.41) is 0.596. The molecule has 0 bridgehead atoms. The van der Waals surface area contributed by atoms with Gasteiger partial charge < -0.3 is 5.73 Å². The van der Waals surface area contributed by atoms with Crippen LogP contribution in [0.1, 0.15) is 39.7 Å². The Bertz CT molecular complexity index is 660. The molecule has 2 N–H and O–H groups in total. The molecule has 0 spiro atoms. The van der Waals surface area contributed by atoms with E-state index in [4.69, 9.17) is 5.73 Å². The third-order valence-electron chi connectivity index (χ3n) is 3.87. The van der Waals surface area contributed by atoms with Crippen LogP contribution in [-0.4, -0.2) is 5.78 Å². The lowest BCUT2D eigenvalue weighted by Gasteiger charge is -2.18. The average molecular weight is 289 g/mol. The first-order valence-electron chi connectivity index (χ1n) is 6.76. The van der Waals surface area contributed by atoms with Crippen molar-refractivity contribution in [3.8, 4) is 0 Å². The monoisotopic (exact) mass is 289 g/mol. The molecule has 1 unspecified atom stereocenters. The van der Waals surface area contributed by atoms with E-state index in [-0.39, 0.29) is 11.6 Å². The van der Waals surface area contributed by atoms with Crippen LogP contribution in [0, 0.1) is 11.7 Å². The summed E-state index contributed by atoms with van der Waals surface area (Å²) < 4.78 is 13.0. The normalized spacial score (nSPS) is 17.8. The van der Waals surface area contributed by atoms with Crippen molar-refractivity contribution in [2.75, 3.05) is 5.73 Å². The number of nitrogens with two attached hydrogens (primary N) is 1. The van der Waals surface area contributed by atoms with Crippen LogP contribution < -0.4 is 5.73 Å². The summed E-state index contributed by atoms with van der Waals surface area (Å²) in [6.07, 6.45) is 3.00. The molecule has 0 saturated carbocycles. The van der Waals surface area contributed by atoms with Crippen LogP contribution in [0.15, 0.2) is 24.3 Å². The number of halogens is 1. The zero-order valence-electron chi connectivity index (χ0n) is 11.3. The van der Waals surface area contributed by atoms with Crippen molar-refractivity contribution >= 4 is 22.1 Å². The molecule has 0 fully saturated rings. The summed E-state index contributed by atoms with van der Waals surface area (Å²) in [5.41, 5.74) is 8.31. The van der Waals surface area contributed by atoms with Gasteiger partial charge in [0.25, 0.3) is 0 Å². The Labute approximate surface area is 121 Å². The van der Waals surface area contributed by atoms with E-state index in [9.17, 15) is 9.18 Å². The van der Waals surface area contributed by atoms with Gasteiger partial charge in [0.2, 0.25) is 0 Å². The average Bonchev–Trinajstić information content (AvgIpc) is 2.73. The smallest absolute Gasteiger partial charge is 0.196 e. The molecule has 2 nitrogen and oxygen atoms in total. The SMILES string of the molecule is CC1CCc2c(sc(N)c2C(=O)c2ccc(F)cc2)C1. The fourth-order valence-corrected chi connectivity index (χ4v) is 4.05. The molecule has 20 heavy (non-hydrogen) atoms. The number of rotatable bonds is 2. The highest BCUT2D eigenvalue weighted by molar-refractivity contribution is 7.16. The number of ketones is 1. The van der Waals surface area contributed by atoms with Crippen LogP contribution >= 0.6 is 11.3 Å².